The highest BCUT2D eigenvalue weighted by Crippen LogP contribution is 2.23. The molecule has 0 spiro atoms. The van der Waals surface area contributed by atoms with Gasteiger partial charge in [-0.05, 0) is 11.4 Å². The third-order valence-electron chi connectivity index (χ3n) is 1.61. The number of hydrogen-bond donors (Lipinski definition) is 1. The van der Waals surface area contributed by atoms with E-state index in [-0.39, 0.29) is 5.91 Å². The summed E-state index contributed by atoms with van der Waals surface area (Å²) in [5.41, 5.74) is 2.31. The third-order valence-corrected chi connectivity index (χ3v) is 2.50. The molecule has 0 bridgehead atoms. The van der Waals surface area contributed by atoms with Crippen molar-refractivity contribution in [2.24, 2.45) is 0 Å². The minimum absolute atomic E-state index is 0.307. The summed E-state index contributed by atoms with van der Waals surface area (Å²) >= 11 is 1.30. The Bertz CT molecular complexity index is 313. The Morgan fingerprint density at radius 3 is 2.93 bits per heavy atom. The van der Waals surface area contributed by atoms with Gasteiger partial charge < -0.3 is 9.47 Å². The molecule has 84 valence electrons. The number of hydroxylamine groups is 1. The number of rotatable bonds is 6. The number of methoxy groups -OCH3 is 2. The number of nitrogens with one attached hydrogen (secondary N) is 1. The van der Waals surface area contributed by atoms with Crippen LogP contribution >= 0.6 is 11.3 Å². The first-order valence-electron chi connectivity index (χ1n) is 4.32. The number of amides is 1. The molecule has 0 aliphatic rings. The highest BCUT2D eigenvalue weighted by atomic mass is 32.1. The molecule has 6 heteroatoms. The molecule has 5 nitrogen and oxygen atoms in total. The van der Waals surface area contributed by atoms with Gasteiger partial charge in [-0.2, -0.15) is 0 Å². The molecule has 0 radical (unpaired) electrons. The Balaban J connectivity index is 2.40. The Morgan fingerprint density at radius 1 is 1.47 bits per heavy atom. The Morgan fingerprint density at radius 2 is 2.27 bits per heavy atom. The topological polar surface area (TPSA) is 56.8 Å². The zero-order chi connectivity index (χ0) is 11.1. The van der Waals surface area contributed by atoms with Crippen molar-refractivity contribution in [2.75, 3.05) is 27.4 Å². The average molecular weight is 231 g/mol. The number of carbonyl (C=O) groups is 1. The van der Waals surface area contributed by atoms with Crippen LogP contribution in [0.3, 0.4) is 0 Å². The third kappa shape index (κ3) is 3.50. The highest BCUT2D eigenvalue weighted by Gasteiger charge is 2.13. The quantitative estimate of drug-likeness (QED) is 0.587. The summed E-state index contributed by atoms with van der Waals surface area (Å²) in [7, 11) is 3.08. The second-order valence-corrected chi connectivity index (χ2v) is 3.51. The van der Waals surface area contributed by atoms with Gasteiger partial charge in [0.15, 0.2) is 0 Å². The molecule has 15 heavy (non-hydrogen) atoms. The molecule has 0 saturated heterocycles. The van der Waals surface area contributed by atoms with E-state index < -0.39 is 0 Å². The van der Waals surface area contributed by atoms with Crippen molar-refractivity contribution in [3.63, 3.8) is 0 Å². The first-order valence-corrected chi connectivity index (χ1v) is 5.20. The normalized spacial score (nSPS) is 10.0. The molecule has 1 rings (SSSR count). The van der Waals surface area contributed by atoms with Crippen LogP contribution in [0.15, 0.2) is 11.4 Å². The second kappa shape index (κ2) is 6.39. The van der Waals surface area contributed by atoms with Gasteiger partial charge in [0.05, 0.1) is 20.3 Å². The Labute approximate surface area is 91.9 Å². The fraction of sp³-hybridized carbons (Fsp3) is 0.444. The maximum absolute atomic E-state index is 11.5. The van der Waals surface area contributed by atoms with Gasteiger partial charge in [0.1, 0.15) is 10.6 Å². The molecule has 0 saturated carbocycles. The van der Waals surface area contributed by atoms with Crippen molar-refractivity contribution in [3.8, 4) is 5.75 Å². The summed E-state index contributed by atoms with van der Waals surface area (Å²) in [6.45, 7) is 0.748. The lowest BCUT2D eigenvalue weighted by molar-refractivity contribution is 0.00902. The van der Waals surface area contributed by atoms with Crippen molar-refractivity contribution in [2.45, 2.75) is 0 Å². The molecular formula is C9H13NO4S. The highest BCUT2D eigenvalue weighted by molar-refractivity contribution is 7.12. The second-order valence-electron chi connectivity index (χ2n) is 2.59. The first-order chi connectivity index (χ1) is 7.29. The molecule has 1 heterocycles. The van der Waals surface area contributed by atoms with E-state index >= 15 is 0 Å². The van der Waals surface area contributed by atoms with E-state index in [1.807, 2.05) is 0 Å². The lowest BCUT2D eigenvalue weighted by Gasteiger charge is -2.05. The van der Waals surface area contributed by atoms with Crippen molar-refractivity contribution >= 4 is 17.2 Å². The molecule has 0 fully saturated rings. The Kier molecular flexibility index (Phi) is 5.09. The van der Waals surface area contributed by atoms with Gasteiger partial charge in [-0.1, -0.05) is 0 Å². The van der Waals surface area contributed by atoms with E-state index in [0.29, 0.717) is 23.8 Å². The maximum Gasteiger partial charge on any atom is 0.288 e. The van der Waals surface area contributed by atoms with Crippen LogP contribution in [0.25, 0.3) is 0 Å². The van der Waals surface area contributed by atoms with Crippen molar-refractivity contribution < 1.29 is 19.1 Å². The molecular weight excluding hydrogens is 218 g/mol. The van der Waals surface area contributed by atoms with E-state index in [4.69, 9.17) is 14.3 Å². The van der Waals surface area contributed by atoms with E-state index in [1.165, 1.54) is 18.4 Å². The summed E-state index contributed by atoms with van der Waals surface area (Å²) in [5, 5.41) is 1.78. The van der Waals surface area contributed by atoms with Gasteiger partial charge in [-0.25, -0.2) is 5.48 Å². The van der Waals surface area contributed by atoms with Crippen LogP contribution in [0.1, 0.15) is 9.67 Å². The molecule has 1 aromatic heterocycles. The number of hydrogen-bond acceptors (Lipinski definition) is 5. The van der Waals surface area contributed by atoms with Gasteiger partial charge in [0, 0.05) is 7.11 Å². The molecule has 1 N–H and O–H groups in total. The first kappa shape index (κ1) is 12.0. The van der Waals surface area contributed by atoms with E-state index in [9.17, 15) is 4.79 Å². The van der Waals surface area contributed by atoms with Crippen LogP contribution in [0.2, 0.25) is 0 Å². The maximum atomic E-state index is 11.5. The Hall–Kier alpha value is -1.11. The van der Waals surface area contributed by atoms with Crippen LogP contribution in [-0.4, -0.2) is 33.3 Å². The van der Waals surface area contributed by atoms with E-state index in [1.54, 1.807) is 18.6 Å². The average Bonchev–Trinajstić information content (AvgIpc) is 2.72. The molecule has 0 aliphatic carbocycles. The van der Waals surface area contributed by atoms with Crippen LogP contribution in [0.4, 0.5) is 0 Å². The zero-order valence-corrected chi connectivity index (χ0v) is 9.43. The van der Waals surface area contributed by atoms with Crippen molar-refractivity contribution in [1.29, 1.82) is 0 Å². The predicted octanol–water partition coefficient (Wildman–Crippen LogP) is 1.06. The minimum atomic E-state index is -0.307. The molecule has 1 amide bonds. The summed E-state index contributed by atoms with van der Waals surface area (Å²) in [4.78, 5) is 16.9. The summed E-state index contributed by atoms with van der Waals surface area (Å²) < 4.78 is 9.76. The van der Waals surface area contributed by atoms with Crippen molar-refractivity contribution in [3.05, 3.63) is 16.3 Å². The fourth-order valence-corrected chi connectivity index (χ4v) is 1.66. The van der Waals surface area contributed by atoms with E-state index in [2.05, 4.69) is 5.48 Å². The molecule has 0 aliphatic heterocycles. The van der Waals surface area contributed by atoms with E-state index in [0.717, 1.165) is 0 Å². The smallest absolute Gasteiger partial charge is 0.288 e. The van der Waals surface area contributed by atoms with Crippen molar-refractivity contribution in [1.82, 2.24) is 5.48 Å². The number of carbonyl (C=O) groups excluding carboxylic acids is 1. The van der Waals surface area contributed by atoms with Crippen LogP contribution in [0.5, 0.6) is 5.75 Å². The summed E-state index contributed by atoms with van der Waals surface area (Å²) in [5.74, 6) is 0.241. The zero-order valence-electron chi connectivity index (χ0n) is 8.61. The summed E-state index contributed by atoms with van der Waals surface area (Å²) in [6.07, 6.45) is 0. The standard InChI is InChI=1S/C9H13NO4S/c1-12-4-5-14-10-9(11)8-7(13-2)3-6-15-8/h3,6H,4-5H2,1-2H3,(H,10,11). The number of thiophene rings is 1. The SMILES string of the molecule is COCCONC(=O)c1sccc1OC. The molecule has 0 atom stereocenters. The lowest BCUT2D eigenvalue weighted by Crippen LogP contribution is -2.24. The van der Waals surface area contributed by atoms with Gasteiger partial charge in [-0.3, -0.25) is 9.63 Å². The molecule has 1 aromatic rings. The molecule has 0 unspecified atom stereocenters. The van der Waals surface area contributed by atoms with Gasteiger partial charge in [0.25, 0.3) is 5.91 Å². The number of ether oxygens (including phenoxy) is 2. The predicted molar refractivity (Wildman–Crippen MR) is 56.2 cm³/mol. The van der Waals surface area contributed by atoms with Gasteiger partial charge in [0.2, 0.25) is 0 Å². The van der Waals surface area contributed by atoms with Gasteiger partial charge >= 0.3 is 0 Å². The minimum Gasteiger partial charge on any atom is -0.495 e. The molecule has 0 aromatic carbocycles. The fourth-order valence-electron chi connectivity index (χ4n) is 0.912. The van der Waals surface area contributed by atoms with Crippen LogP contribution < -0.4 is 10.2 Å². The van der Waals surface area contributed by atoms with Gasteiger partial charge in [-0.15, -0.1) is 11.3 Å². The van der Waals surface area contributed by atoms with Crippen LogP contribution in [0, 0.1) is 0 Å². The summed E-state index contributed by atoms with van der Waals surface area (Å²) in [6, 6.07) is 1.73. The lowest BCUT2D eigenvalue weighted by atomic mass is 10.4. The largest absolute Gasteiger partial charge is 0.495 e. The monoisotopic (exact) mass is 231 g/mol. The van der Waals surface area contributed by atoms with Crippen LogP contribution in [-0.2, 0) is 9.57 Å².